The number of amides is 1. The van der Waals surface area contributed by atoms with Gasteiger partial charge in [-0.2, -0.15) is 0 Å². The summed E-state index contributed by atoms with van der Waals surface area (Å²) >= 11 is 0. The molecule has 1 aliphatic rings. The average molecular weight is 328 g/mol. The summed E-state index contributed by atoms with van der Waals surface area (Å²) in [4.78, 5) is 17.3. The predicted molar refractivity (Wildman–Crippen MR) is 98.5 cm³/mol. The van der Waals surface area contributed by atoms with E-state index in [9.17, 15) is 4.79 Å². The molecule has 0 heterocycles. The highest BCUT2D eigenvalue weighted by molar-refractivity contribution is 6.24. The number of carbonyl (C=O) groups excluding carboxylic acids is 1. The highest BCUT2D eigenvalue weighted by Crippen LogP contribution is 2.36. The predicted octanol–water partition coefficient (Wildman–Crippen LogP) is 4.07. The first-order chi connectivity index (χ1) is 12.3. The summed E-state index contributed by atoms with van der Waals surface area (Å²) in [6.45, 7) is -0.136. The lowest BCUT2D eigenvalue weighted by Crippen LogP contribution is -2.17. The van der Waals surface area contributed by atoms with Gasteiger partial charge >= 0.3 is 0 Å². The van der Waals surface area contributed by atoms with E-state index in [-0.39, 0.29) is 12.5 Å². The Kier molecular flexibility index (Phi) is 4.01. The van der Waals surface area contributed by atoms with Crippen LogP contribution in [0.5, 0.6) is 0 Å². The topological polar surface area (TPSA) is 50.7 Å². The molecule has 0 aliphatic heterocycles. The molecule has 0 spiro atoms. The quantitative estimate of drug-likeness (QED) is 0.574. The lowest BCUT2D eigenvalue weighted by atomic mass is 10.1. The van der Waals surface area contributed by atoms with E-state index in [4.69, 9.17) is 4.84 Å². The molecule has 0 saturated heterocycles. The van der Waals surface area contributed by atoms with Crippen LogP contribution >= 0.6 is 0 Å². The molecule has 3 aromatic carbocycles. The van der Waals surface area contributed by atoms with Gasteiger partial charge in [-0.3, -0.25) is 4.79 Å². The Morgan fingerprint density at radius 3 is 1.88 bits per heavy atom. The van der Waals surface area contributed by atoms with Crippen LogP contribution in [0.1, 0.15) is 11.1 Å². The van der Waals surface area contributed by atoms with Gasteiger partial charge in [-0.15, -0.1) is 0 Å². The van der Waals surface area contributed by atoms with E-state index in [1.54, 1.807) is 0 Å². The lowest BCUT2D eigenvalue weighted by molar-refractivity contribution is -0.120. The van der Waals surface area contributed by atoms with Gasteiger partial charge in [0.05, 0.1) is 0 Å². The van der Waals surface area contributed by atoms with Crippen molar-refractivity contribution in [2.45, 2.75) is 0 Å². The van der Waals surface area contributed by atoms with E-state index >= 15 is 0 Å². The summed E-state index contributed by atoms with van der Waals surface area (Å²) in [5.41, 5.74) is 5.81. The average Bonchev–Trinajstić information content (AvgIpc) is 2.97. The number of carbonyl (C=O) groups is 1. The normalized spacial score (nSPS) is 11.4. The summed E-state index contributed by atoms with van der Waals surface area (Å²) in [6, 6.07) is 25.4. The van der Waals surface area contributed by atoms with Crippen LogP contribution in [0.4, 0.5) is 5.69 Å². The highest BCUT2D eigenvalue weighted by Gasteiger charge is 2.24. The number of para-hydroxylation sites is 1. The summed E-state index contributed by atoms with van der Waals surface area (Å²) in [5, 5.41) is 7.02. The molecule has 0 unspecified atom stereocenters. The van der Waals surface area contributed by atoms with Crippen molar-refractivity contribution in [2.24, 2.45) is 5.16 Å². The van der Waals surface area contributed by atoms with Crippen LogP contribution in [0, 0.1) is 0 Å². The third-order valence-corrected chi connectivity index (χ3v) is 4.06. The first-order valence-corrected chi connectivity index (χ1v) is 8.07. The minimum Gasteiger partial charge on any atom is -0.385 e. The molecule has 4 rings (SSSR count). The molecule has 4 nitrogen and oxygen atoms in total. The molecule has 1 amide bonds. The second-order valence-electron chi connectivity index (χ2n) is 5.72. The zero-order valence-corrected chi connectivity index (χ0v) is 13.5. The summed E-state index contributed by atoms with van der Waals surface area (Å²) in [7, 11) is 0. The number of fused-ring (bicyclic) bond motifs is 3. The fourth-order valence-corrected chi connectivity index (χ4v) is 2.97. The lowest BCUT2D eigenvalue weighted by Gasteiger charge is -2.05. The number of benzene rings is 3. The van der Waals surface area contributed by atoms with E-state index in [2.05, 4.69) is 22.6 Å². The van der Waals surface area contributed by atoms with E-state index in [0.29, 0.717) is 0 Å². The molecule has 0 aromatic heterocycles. The van der Waals surface area contributed by atoms with Crippen molar-refractivity contribution in [2.75, 3.05) is 11.9 Å². The first kappa shape index (κ1) is 15.1. The van der Waals surface area contributed by atoms with Crippen molar-refractivity contribution in [3.8, 4) is 11.1 Å². The van der Waals surface area contributed by atoms with Crippen LogP contribution < -0.4 is 5.32 Å². The molecule has 122 valence electrons. The number of anilines is 1. The van der Waals surface area contributed by atoms with E-state index in [1.807, 2.05) is 66.7 Å². The van der Waals surface area contributed by atoms with Gasteiger partial charge in [0.2, 0.25) is 0 Å². The van der Waals surface area contributed by atoms with Gasteiger partial charge < -0.3 is 10.2 Å². The molecule has 25 heavy (non-hydrogen) atoms. The summed E-state index contributed by atoms with van der Waals surface area (Å²) in [5.74, 6) is -0.241. The first-order valence-electron chi connectivity index (χ1n) is 8.07. The number of oxime groups is 1. The molecule has 1 N–H and O–H groups in total. The van der Waals surface area contributed by atoms with E-state index in [0.717, 1.165) is 33.7 Å². The maximum Gasteiger partial charge on any atom is 0.265 e. The van der Waals surface area contributed by atoms with Crippen LogP contribution in [0.2, 0.25) is 0 Å². The molecular formula is C21H16N2O2. The Labute approximate surface area is 145 Å². The van der Waals surface area contributed by atoms with Gasteiger partial charge in [0, 0.05) is 16.8 Å². The van der Waals surface area contributed by atoms with Gasteiger partial charge in [0.15, 0.2) is 6.61 Å². The molecule has 1 aliphatic carbocycles. The third kappa shape index (κ3) is 3.02. The number of hydrogen-bond donors (Lipinski definition) is 1. The molecular weight excluding hydrogens is 312 g/mol. The number of nitrogens with one attached hydrogen (secondary N) is 1. The van der Waals surface area contributed by atoms with Crippen molar-refractivity contribution in [1.29, 1.82) is 0 Å². The number of hydrogen-bond acceptors (Lipinski definition) is 3. The van der Waals surface area contributed by atoms with Crippen molar-refractivity contribution in [3.05, 3.63) is 90.0 Å². The molecule has 4 heteroatoms. The Morgan fingerprint density at radius 1 is 0.760 bits per heavy atom. The van der Waals surface area contributed by atoms with Gasteiger partial charge in [-0.05, 0) is 23.3 Å². The largest absolute Gasteiger partial charge is 0.385 e. The van der Waals surface area contributed by atoms with Crippen LogP contribution in [0.25, 0.3) is 11.1 Å². The minimum absolute atomic E-state index is 0.136. The van der Waals surface area contributed by atoms with Crippen molar-refractivity contribution in [1.82, 2.24) is 0 Å². The maximum atomic E-state index is 12.0. The Balaban J connectivity index is 1.51. The molecule has 0 fully saturated rings. The fourth-order valence-electron chi connectivity index (χ4n) is 2.97. The van der Waals surface area contributed by atoms with Crippen LogP contribution in [0.15, 0.2) is 84.0 Å². The standard InChI is InChI=1S/C21H16N2O2/c24-20(22-15-8-2-1-3-9-15)14-25-23-21-18-12-6-4-10-16(18)17-11-5-7-13-19(17)21/h1-13H,14H2,(H,22,24). The van der Waals surface area contributed by atoms with Crippen LogP contribution in [0.3, 0.4) is 0 Å². The fraction of sp³-hybridized carbons (Fsp3) is 0.0476. The van der Waals surface area contributed by atoms with Crippen LogP contribution in [-0.4, -0.2) is 18.2 Å². The zero-order valence-electron chi connectivity index (χ0n) is 13.5. The Bertz CT molecular complexity index is 901. The smallest absolute Gasteiger partial charge is 0.265 e. The summed E-state index contributed by atoms with van der Waals surface area (Å²) in [6.07, 6.45) is 0. The molecule has 0 saturated carbocycles. The minimum atomic E-state index is -0.241. The zero-order chi connectivity index (χ0) is 17.1. The van der Waals surface area contributed by atoms with Gasteiger partial charge in [-0.25, -0.2) is 0 Å². The molecule has 3 aromatic rings. The number of rotatable bonds is 4. The van der Waals surface area contributed by atoms with Gasteiger partial charge in [0.25, 0.3) is 5.91 Å². The Morgan fingerprint density at radius 2 is 1.28 bits per heavy atom. The van der Waals surface area contributed by atoms with Crippen LogP contribution in [-0.2, 0) is 9.63 Å². The second-order valence-corrected chi connectivity index (χ2v) is 5.72. The van der Waals surface area contributed by atoms with Gasteiger partial charge in [0.1, 0.15) is 5.71 Å². The second kappa shape index (κ2) is 6.61. The van der Waals surface area contributed by atoms with Crippen molar-refractivity contribution < 1.29 is 9.63 Å². The highest BCUT2D eigenvalue weighted by atomic mass is 16.6. The SMILES string of the molecule is O=C(CON=C1c2ccccc2-c2ccccc21)Nc1ccccc1. The summed E-state index contributed by atoms with van der Waals surface area (Å²) < 4.78 is 0. The van der Waals surface area contributed by atoms with Gasteiger partial charge in [-0.1, -0.05) is 71.9 Å². The monoisotopic (exact) mass is 328 g/mol. The van der Waals surface area contributed by atoms with E-state index in [1.165, 1.54) is 0 Å². The Hall–Kier alpha value is -3.40. The molecule has 0 bridgehead atoms. The van der Waals surface area contributed by atoms with Crippen molar-refractivity contribution in [3.63, 3.8) is 0 Å². The third-order valence-electron chi connectivity index (χ3n) is 4.06. The van der Waals surface area contributed by atoms with E-state index < -0.39 is 0 Å². The molecule has 0 radical (unpaired) electrons. The maximum absolute atomic E-state index is 12.0. The number of nitrogens with zero attached hydrogens (tertiary/aromatic N) is 1. The molecule has 0 atom stereocenters. The van der Waals surface area contributed by atoms with Crippen molar-refractivity contribution >= 4 is 17.3 Å².